The molecule has 1 aromatic carbocycles. The smallest absolute Gasteiger partial charge is 0.357 e. The average Bonchev–Trinajstić information content (AvgIpc) is 1.64. The minimum Gasteiger partial charge on any atom is -0.480 e. The molecule has 0 fully saturated rings. The molecule has 0 radical (unpaired) electrons. The molecule has 0 saturated carbocycles. The van der Waals surface area contributed by atoms with Crippen LogP contribution in [0.5, 0.6) is 0 Å². The molecule has 0 spiro atoms. The molecule has 37 nitrogen and oxygen atoms in total. The van der Waals surface area contributed by atoms with Crippen LogP contribution in [0.4, 0.5) is 0 Å². The highest BCUT2D eigenvalue weighted by Crippen LogP contribution is 2.26. The Kier molecular flexibility index (Phi) is 68.4. The third kappa shape index (κ3) is 66.2. The Bertz CT molecular complexity index is 2830. The van der Waals surface area contributed by atoms with E-state index in [9.17, 15) is 47.9 Å². The van der Waals surface area contributed by atoms with Crippen LogP contribution in [0.2, 0.25) is 0 Å². The molecular weight excluding hydrogens is 1540 g/mol. The van der Waals surface area contributed by atoms with Crippen molar-refractivity contribution in [2.24, 2.45) is 0 Å². The summed E-state index contributed by atoms with van der Waals surface area (Å²) in [5.74, 6) is -6.87. The van der Waals surface area contributed by atoms with Crippen molar-refractivity contribution in [2.45, 2.75) is 59.5 Å². The van der Waals surface area contributed by atoms with Crippen LogP contribution in [0.3, 0.4) is 0 Å². The molecule has 0 unspecified atom stereocenters. The molecule has 2 aromatic heterocycles. The van der Waals surface area contributed by atoms with Gasteiger partial charge < -0.3 is 124 Å². The van der Waals surface area contributed by atoms with E-state index < -0.39 is 79.0 Å². The zero-order chi connectivity index (χ0) is 79.5. The number of methoxy groups -OCH3 is 5. The number of aromatic nitrogens is 2. The van der Waals surface area contributed by atoms with Crippen LogP contribution in [0.1, 0.15) is 67.4 Å². The molecule has 2 N–H and O–H groups in total. The normalized spacial score (nSPS) is 10.8. The minimum absolute atomic E-state index is 0. The third-order valence-electron chi connectivity index (χ3n) is 11.1. The molecule has 0 aliphatic heterocycles. The highest BCUT2D eigenvalue weighted by atomic mass is 79.9. The van der Waals surface area contributed by atoms with E-state index in [0.29, 0.717) is 142 Å². The minimum atomic E-state index is -1.20. The van der Waals surface area contributed by atoms with Gasteiger partial charge in [-0.2, -0.15) is 13.5 Å². The second-order valence-electron chi connectivity index (χ2n) is 22.2. The Morgan fingerprint density at radius 1 is 0.421 bits per heavy atom. The van der Waals surface area contributed by atoms with Gasteiger partial charge in [0.1, 0.15) is 43.0 Å². The van der Waals surface area contributed by atoms with Crippen LogP contribution in [0, 0.1) is 0 Å². The quantitative estimate of drug-likeness (QED) is 0.0269. The molecule has 616 valence electrons. The average molecular weight is 1650 g/mol. The van der Waals surface area contributed by atoms with Gasteiger partial charge in [0.05, 0.1) is 177 Å². The fourth-order valence-electron chi connectivity index (χ4n) is 6.65. The molecule has 0 aliphatic carbocycles. The summed E-state index contributed by atoms with van der Waals surface area (Å²) in [4.78, 5) is 117. The highest BCUT2D eigenvalue weighted by Gasteiger charge is 2.23. The van der Waals surface area contributed by atoms with Gasteiger partial charge in [-0.25, -0.2) is 43.3 Å². The van der Waals surface area contributed by atoms with Crippen LogP contribution in [-0.4, -0.2) is 336 Å². The summed E-state index contributed by atoms with van der Waals surface area (Å²) < 4.78 is 116. The number of aliphatic carboxylic acids is 2. The highest BCUT2D eigenvalue weighted by molar-refractivity contribution is 9.09. The van der Waals surface area contributed by atoms with Gasteiger partial charge in [0.15, 0.2) is 37.3 Å². The van der Waals surface area contributed by atoms with E-state index in [4.69, 9.17) is 110 Å². The standard InChI is InChI=1S/C26H30N2O11S.C15H28O8.C11H20O8.C9H18O6.C6H11BrO2.H2S/c1-33-7-8-35-9-10-36-11-12-37-14-22(29)38-15-23(30)39-17-28-13-19(18-5-3-4-6-21(18)28)24(31)25-27-20(16-40-25)26(32)34-2;1-15(2,3)23-14(17)12-22-13(16)11-21-10-9-20-8-7-19-6-5-18-4;1-15-2-3-16-4-5-17-6-7-18-9-11(14)19-8-10(12)13;1-12-2-3-13-4-5-14-6-7-15-8-9(10)11;1-6(2,3)9-5(8)4-7;/h3-6,13,16H,7-12,14-15,17H2,1-2H3;5-12H2,1-4H3;2-9H2,1H3,(H,12,13);2-8H2,1H3,(H,10,11);4H2,1-3H3;1H2. The van der Waals surface area contributed by atoms with Crippen LogP contribution < -0.4 is 0 Å². The Labute approximate surface area is 642 Å². The van der Waals surface area contributed by atoms with Crippen molar-refractivity contribution in [1.29, 1.82) is 0 Å². The molecule has 0 bridgehead atoms. The summed E-state index contributed by atoms with van der Waals surface area (Å²) in [5.41, 5.74) is 0.0394. The second-order valence-corrected chi connectivity index (χ2v) is 23.6. The first kappa shape index (κ1) is 105. The number of benzene rings is 1. The lowest BCUT2D eigenvalue weighted by Gasteiger charge is -2.19. The van der Waals surface area contributed by atoms with Crippen molar-refractivity contribution < 1.29 is 167 Å². The fraction of sp³-hybridized carbons (Fsp3) is 0.687. The van der Waals surface area contributed by atoms with Gasteiger partial charge in [-0.3, -0.25) is 9.59 Å². The van der Waals surface area contributed by atoms with Gasteiger partial charge in [-0.15, -0.1) is 11.3 Å². The van der Waals surface area contributed by atoms with Gasteiger partial charge in [-0.1, -0.05) is 34.1 Å². The largest absolute Gasteiger partial charge is 0.480 e. The number of thiazole rings is 1. The van der Waals surface area contributed by atoms with E-state index in [-0.39, 0.29) is 107 Å². The van der Waals surface area contributed by atoms with Crippen LogP contribution in [0.25, 0.3) is 10.9 Å². The first-order chi connectivity index (χ1) is 50.7. The van der Waals surface area contributed by atoms with E-state index in [1.54, 1.807) is 78.0 Å². The SMILES string of the molecule is CC(C)(C)OC(=O)CBr.COCCOCCOCCOCC(=O)O.COCCOCCOCCOCC(=O)OCC(=O)O.COCCOCCOCCOCC(=O)OCC(=O)OC(C)(C)C.COCCOCCOCCOCC(=O)OCC(=O)OCn1cc(C(=O)c2nc(C(=O)OC)cs2)c2ccccc21.S. The molecule has 107 heavy (non-hydrogen) atoms. The summed E-state index contributed by atoms with van der Waals surface area (Å²) in [6, 6.07) is 7.05. The van der Waals surface area contributed by atoms with Gasteiger partial charge in [0, 0.05) is 45.4 Å². The van der Waals surface area contributed by atoms with E-state index in [1.165, 1.54) is 18.7 Å². The van der Waals surface area contributed by atoms with Crippen molar-refractivity contribution in [3.05, 3.63) is 52.1 Å². The topological polar surface area (TPSA) is 441 Å². The number of esters is 7. The number of carbonyl (C=O) groups excluding carboxylic acids is 8. The zero-order valence-corrected chi connectivity index (χ0v) is 66.2. The lowest BCUT2D eigenvalue weighted by atomic mass is 10.1. The van der Waals surface area contributed by atoms with Gasteiger partial charge in [0.25, 0.3) is 0 Å². The molecular formula is C67H109BrN2O35S2. The number of halogens is 1. The number of hydrogen-bond donors (Lipinski definition) is 2. The summed E-state index contributed by atoms with van der Waals surface area (Å²) in [5, 5.41) is 18.9. The lowest BCUT2D eigenvalue weighted by Crippen LogP contribution is -2.28. The predicted molar refractivity (Wildman–Crippen MR) is 386 cm³/mol. The van der Waals surface area contributed by atoms with Crippen LogP contribution in [-0.2, 0) is 154 Å². The number of ether oxygens (including phenoxy) is 23. The number of rotatable bonds is 56. The summed E-state index contributed by atoms with van der Waals surface area (Å²) in [6.07, 6.45) is 1.53. The number of carboxylic acids is 2. The Balaban J connectivity index is -0.00000138. The van der Waals surface area contributed by atoms with E-state index >= 15 is 0 Å². The zero-order valence-electron chi connectivity index (χ0n) is 62.8. The summed E-state index contributed by atoms with van der Waals surface area (Å²) in [7, 11) is 7.64. The number of alkyl halides is 1. The first-order valence-corrected chi connectivity index (χ1v) is 34.8. The number of carbonyl (C=O) groups is 10. The number of fused-ring (bicyclic) bond motifs is 1. The van der Waals surface area contributed by atoms with Crippen molar-refractivity contribution in [3.63, 3.8) is 0 Å². The Morgan fingerprint density at radius 3 is 1.09 bits per heavy atom. The number of ketones is 1. The molecule has 40 heteroatoms. The predicted octanol–water partition coefficient (Wildman–Crippen LogP) is 3.34. The Morgan fingerprint density at radius 2 is 0.748 bits per heavy atom. The molecule has 0 aliphatic rings. The molecule has 0 amide bonds. The summed E-state index contributed by atoms with van der Waals surface area (Å²) in [6.45, 7) is 17.8. The van der Waals surface area contributed by atoms with Crippen molar-refractivity contribution in [2.75, 3.05) is 246 Å². The molecule has 0 saturated heterocycles. The maximum atomic E-state index is 13.1. The van der Waals surface area contributed by atoms with E-state index in [1.807, 2.05) is 20.8 Å². The third-order valence-corrected chi connectivity index (χ3v) is 12.4. The maximum Gasteiger partial charge on any atom is 0.357 e. The fourth-order valence-corrected chi connectivity index (χ4v) is 7.50. The van der Waals surface area contributed by atoms with E-state index in [0.717, 1.165) is 11.3 Å². The number of nitrogens with zero attached hydrogens (tertiary/aromatic N) is 2. The Hall–Kier alpha value is -6.52. The van der Waals surface area contributed by atoms with Crippen molar-refractivity contribution in [1.82, 2.24) is 9.55 Å². The molecule has 3 aromatic rings. The van der Waals surface area contributed by atoms with Gasteiger partial charge in [-0.05, 0) is 47.6 Å². The van der Waals surface area contributed by atoms with E-state index in [2.05, 4.69) is 30.4 Å². The number of para-hydroxylation sites is 1. The monoisotopic (exact) mass is 1640 g/mol. The lowest BCUT2D eigenvalue weighted by molar-refractivity contribution is -0.168. The van der Waals surface area contributed by atoms with Crippen LogP contribution in [0.15, 0.2) is 35.8 Å². The number of hydrogen-bond acceptors (Lipinski definition) is 35. The molecule has 0 atom stereocenters. The molecule has 2 heterocycles. The van der Waals surface area contributed by atoms with Gasteiger partial charge in [0.2, 0.25) is 5.78 Å². The van der Waals surface area contributed by atoms with Crippen molar-refractivity contribution >= 4 is 111 Å². The molecule has 3 rings (SSSR count). The van der Waals surface area contributed by atoms with Crippen LogP contribution >= 0.6 is 40.8 Å². The maximum absolute atomic E-state index is 13.1. The van der Waals surface area contributed by atoms with Gasteiger partial charge >= 0.3 is 53.7 Å². The first-order valence-electron chi connectivity index (χ1n) is 32.8. The second kappa shape index (κ2) is 69.9. The van der Waals surface area contributed by atoms with Crippen molar-refractivity contribution in [3.8, 4) is 0 Å². The summed E-state index contributed by atoms with van der Waals surface area (Å²) >= 11 is 4.02. The number of carboxylic acid groups (broad SMARTS) is 2.